The zero-order chi connectivity index (χ0) is 17.2. The van der Waals surface area contributed by atoms with Gasteiger partial charge in [0, 0.05) is 33.4 Å². The van der Waals surface area contributed by atoms with Crippen LogP contribution in [-0.2, 0) is 13.0 Å². The molecule has 0 radical (unpaired) electrons. The largest absolute Gasteiger partial charge is 0.363 e. The summed E-state index contributed by atoms with van der Waals surface area (Å²) in [5, 5.41) is 6.68. The summed E-state index contributed by atoms with van der Waals surface area (Å²) in [6.07, 6.45) is 2.81. The molecule has 0 unspecified atom stereocenters. The summed E-state index contributed by atoms with van der Waals surface area (Å²) < 4.78 is 0. The van der Waals surface area contributed by atoms with E-state index in [4.69, 9.17) is 0 Å². The summed E-state index contributed by atoms with van der Waals surface area (Å²) in [5.41, 5.74) is 2.47. The van der Waals surface area contributed by atoms with E-state index in [0.717, 1.165) is 36.9 Å². The Balaban J connectivity index is 1.91. The predicted molar refractivity (Wildman–Crippen MR) is 102 cm³/mol. The molecule has 1 aromatic carbocycles. The average molecular weight is 325 g/mol. The first kappa shape index (κ1) is 17.8. The molecule has 0 fully saturated rings. The molecule has 5 nitrogen and oxygen atoms in total. The Morgan fingerprint density at radius 1 is 1.08 bits per heavy atom. The van der Waals surface area contributed by atoms with Gasteiger partial charge in [-0.1, -0.05) is 30.3 Å². The van der Waals surface area contributed by atoms with Gasteiger partial charge in [-0.3, -0.25) is 0 Å². The molecule has 128 valence electrons. The summed E-state index contributed by atoms with van der Waals surface area (Å²) in [5.74, 6) is 1.79. The summed E-state index contributed by atoms with van der Waals surface area (Å²) >= 11 is 0. The predicted octanol–water partition coefficient (Wildman–Crippen LogP) is 2.45. The molecule has 0 saturated heterocycles. The number of hydrogen-bond acceptors (Lipinski definition) is 3. The fourth-order valence-corrected chi connectivity index (χ4v) is 2.29. The molecular formula is C19H27N5. The molecule has 5 heteroatoms. The molecule has 0 aliphatic carbocycles. The molecule has 2 rings (SSSR count). The second-order valence-corrected chi connectivity index (χ2v) is 5.77. The number of anilines is 1. The average Bonchev–Trinajstić information content (AvgIpc) is 2.61. The topological polar surface area (TPSA) is 52.6 Å². The molecule has 0 amide bonds. The number of aromatic nitrogens is 1. The van der Waals surface area contributed by atoms with Crippen molar-refractivity contribution in [1.82, 2.24) is 15.6 Å². The van der Waals surface area contributed by atoms with E-state index in [0.29, 0.717) is 6.54 Å². The molecule has 0 saturated carbocycles. The van der Waals surface area contributed by atoms with Gasteiger partial charge in [-0.2, -0.15) is 0 Å². The highest BCUT2D eigenvalue weighted by atomic mass is 15.2. The molecule has 0 aliphatic heterocycles. The smallest absolute Gasteiger partial charge is 0.191 e. The van der Waals surface area contributed by atoms with Crippen LogP contribution in [0.1, 0.15) is 18.1 Å². The molecule has 1 aromatic heterocycles. The molecule has 1 heterocycles. The maximum Gasteiger partial charge on any atom is 0.191 e. The molecule has 0 aliphatic rings. The van der Waals surface area contributed by atoms with Crippen molar-refractivity contribution in [2.45, 2.75) is 19.9 Å². The van der Waals surface area contributed by atoms with Crippen molar-refractivity contribution in [3.05, 3.63) is 59.8 Å². The lowest BCUT2D eigenvalue weighted by molar-refractivity contribution is 0.799. The van der Waals surface area contributed by atoms with Crippen molar-refractivity contribution in [1.29, 1.82) is 0 Å². The number of benzene rings is 1. The normalized spacial score (nSPS) is 11.2. The van der Waals surface area contributed by atoms with Crippen LogP contribution in [-0.4, -0.2) is 38.1 Å². The first-order chi connectivity index (χ1) is 11.7. The second-order valence-electron chi connectivity index (χ2n) is 5.77. The standard InChI is InChI=1S/C19H27N5/c1-4-20-19(22-13-10-16-8-6-5-7-9-16)23-15-17-11-12-21-18(14-17)24(2)3/h5-9,11-12,14H,4,10,13,15H2,1-3H3,(H2,20,22,23). The van der Waals surface area contributed by atoms with Gasteiger partial charge in [0.1, 0.15) is 5.82 Å². The van der Waals surface area contributed by atoms with Crippen molar-refractivity contribution >= 4 is 11.8 Å². The maximum absolute atomic E-state index is 4.66. The first-order valence-corrected chi connectivity index (χ1v) is 8.37. The minimum Gasteiger partial charge on any atom is -0.363 e. The van der Waals surface area contributed by atoms with Gasteiger partial charge in [0.2, 0.25) is 0 Å². The molecule has 0 spiro atoms. The summed E-state index contributed by atoms with van der Waals surface area (Å²) in [6.45, 7) is 4.40. The molecular weight excluding hydrogens is 298 g/mol. The fraction of sp³-hybridized carbons (Fsp3) is 0.368. The van der Waals surface area contributed by atoms with Crippen LogP contribution in [0.25, 0.3) is 0 Å². The van der Waals surface area contributed by atoms with E-state index in [9.17, 15) is 0 Å². The number of hydrogen-bond donors (Lipinski definition) is 2. The lowest BCUT2D eigenvalue weighted by Gasteiger charge is -2.13. The van der Waals surface area contributed by atoms with Gasteiger partial charge in [0.25, 0.3) is 0 Å². The molecule has 0 atom stereocenters. The van der Waals surface area contributed by atoms with E-state index in [-0.39, 0.29) is 0 Å². The number of rotatable bonds is 7. The SMILES string of the molecule is CCNC(=NCc1ccnc(N(C)C)c1)NCCc1ccccc1. The zero-order valence-electron chi connectivity index (χ0n) is 14.8. The number of aliphatic imine (C=N–C) groups is 1. The molecule has 2 aromatic rings. The molecule has 24 heavy (non-hydrogen) atoms. The Bertz CT molecular complexity index is 637. The van der Waals surface area contributed by atoms with Crippen molar-refractivity contribution in [2.24, 2.45) is 4.99 Å². The first-order valence-electron chi connectivity index (χ1n) is 8.37. The van der Waals surface area contributed by atoms with Gasteiger partial charge in [-0.05, 0) is 36.6 Å². The van der Waals surface area contributed by atoms with Gasteiger partial charge in [0.05, 0.1) is 6.54 Å². The van der Waals surface area contributed by atoms with E-state index in [1.165, 1.54) is 5.56 Å². The number of nitrogens with zero attached hydrogens (tertiary/aromatic N) is 3. The van der Waals surface area contributed by atoms with E-state index >= 15 is 0 Å². The van der Waals surface area contributed by atoms with Gasteiger partial charge >= 0.3 is 0 Å². The van der Waals surface area contributed by atoms with Crippen LogP contribution in [0.4, 0.5) is 5.82 Å². The Labute approximate surface area is 144 Å². The summed E-state index contributed by atoms with van der Waals surface area (Å²) in [6, 6.07) is 14.5. The lowest BCUT2D eigenvalue weighted by Crippen LogP contribution is -2.38. The van der Waals surface area contributed by atoms with E-state index in [1.807, 2.05) is 37.3 Å². The molecule has 2 N–H and O–H groups in total. The Morgan fingerprint density at radius 3 is 2.58 bits per heavy atom. The minimum atomic E-state index is 0.629. The van der Waals surface area contributed by atoms with E-state index in [2.05, 4.69) is 57.9 Å². The van der Waals surface area contributed by atoms with Crippen LogP contribution in [0.5, 0.6) is 0 Å². The highest BCUT2D eigenvalue weighted by Gasteiger charge is 2.01. The van der Waals surface area contributed by atoms with Crippen LogP contribution in [0.3, 0.4) is 0 Å². The van der Waals surface area contributed by atoms with Gasteiger partial charge in [-0.25, -0.2) is 9.98 Å². The fourth-order valence-electron chi connectivity index (χ4n) is 2.29. The van der Waals surface area contributed by atoms with Crippen molar-refractivity contribution in [3.63, 3.8) is 0 Å². The second kappa shape index (κ2) is 9.55. The van der Waals surface area contributed by atoms with E-state index < -0.39 is 0 Å². The number of guanidine groups is 1. The van der Waals surface area contributed by atoms with Crippen LogP contribution in [0, 0.1) is 0 Å². The van der Waals surface area contributed by atoms with Crippen LogP contribution in [0.2, 0.25) is 0 Å². The van der Waals surface area contributed by atoms with Crippen LogP contribution in [0.15, 0.2) is 53.7 Å². The third kappa shape index (κ3) is 5.91. The lowest BCUT2D eigenvalue weighted by atomic mass is 10.1. The van der Waals surface area contributed by atoms with E-state index in [1.54, 1.807) is 0 Å². The zero-order valence-corrected chi connectivity index (χ0v) is 14.8. The van der Waals surface area contributed by atoms with Crippen molar-refractivity contribution in [2.75, 3.05) is 32.1 Å². The highest BCUT2D eigenvalue weighted by molar-refractivity contribution is 5.79. The highest BCUT2D eigenvalue weighted by Crippen LogP contribution is 2.10. The van der Waals surface area contributed by atoms with Crippen molar-refractivity contribution < 1.29 is 0 Å². The van der Waals surface area contributed by atoms with Gasteiger partial charge in [-0.15, -0.1) is 0 Å². The molecule has 0 bridgehead atoms. The van der Waals surface area contributed by atoms with Crippen LogP contribution >= 0.6 is 0 Å². The van der Waals surface area contributed by atoms with Gasteiger partial charge in [0.15, 0.2) is 5.96 Å². The number of pyridine rings is 1. The quantitative estimate of drug-likeness (QED) is 0.606. The third-order valence-electron chi connectivity index (χ3n) is 3.58. The number of nitrogens with one attached hydrogen (secondary N) is 2. The van der Waals surface area contributed by atoms with Gasteiger partial charge < -0.3 is 15.5 Å². The summed E-state index contributed by atoms with van der Waals surface area (Å²) in [7, 11) is 3.98. The Hall–Kier alpha value is -2.56. The van der Waals surface area contributed by atoms with Crippen molar-refractivity contribution in [3.8, 4) is 0 Å². The summed E-state index contributed by atoms with van der Waals surface area (Å²) in [4.78, 5) is 11.0. The van der Waals surface area contributed by atoms with Crippen LogP contribution < -0.4 is 15.5 Å². The minimum absolute atomic E-state index is 0.629. The Kier molecular flexibility index (Phi) is 7.08. The third-order valence-corrected chi connectivity index (χ3v) is 3.58. The Morgan fingerprint density at radius 2 is 1.88 bits per heavy atom. The maximum atomic E-state index is 4.66. The monoisotopic (exact) mass is 325 g/mol.